The molecule has 0 aliphatic carbocycles. The molecule has 1 rings (SSSR count). The van der Waals surface area contributed by atoms with Gasteiger partial charge in [-0.1, -0.05) is 12.1 Å². The molecule has 1 aromatic rings. The number of carbonyl (C=O) groups is 1. The van der Waals surface area contributed by atoms with Crippen molar-refractivity contribution >= 4 is 16.0 Å². The molecule has 0 amide bonds. The molecule has 0 radical (unpaired) electrons. The van der Waals surface area contributed by atoms with E-state index in [1.807, 2.05) is 0 Å². The van der Waals surface area contributed by atoms with Crippen LogP contribution in [0.4, 0.5) is 4.39 Å². The quantitative estimate of drug-likeness (QED) is 0.837. The fourth-order valence-electron chi connectivity index (χ4n) is 1.82. The molecular formula is C13H18FNO4S. The summed E-state index contributed by atoms with van der Waals surface area (Å²) in [5.74, 6) is -1.80. The fraction of sp³-hybridized carbons (Fsp3) is 0.462. The first kappa shape index (κ1) is 16.6. The van der Waals surface area contributed by atoms with Crippen molar-refractivity contribution in [1.82, 2.24) is 4.31 Å². The number of carboxylic acids is 1. The Hall–Kier alpha value is -1.47. The van der Waals surface area contributed by atoms with Crippen molar-refractivity contribution in [3.63, 3.8) is 0 Å². The number of sulfonamides is 1. The number of halogens is 1. The van der Waals surface area contributed by atoms with E-state index in [2.05, 4.69) is 0 Å². The first-order chi connectivity index (χ1) is 9.26. The Labute approximate surface area is 118 Å². The van der Waals surface area contributed by atoms with E-state index >= 15 is 0 Å². The Bertz CT molecular complexity index is 571. The number of carboxylic acid groups (broad SMARTS) is 1. The van der Waals surface area contributed by atoms with Gasteiger partial charge in [-0.15, -0.1) is 0 Å². The van der Waals surface area contributed by atoms with Crippen LogP contribution in [0.2, 0.25) is 0 Å². The van der Waals surface area contributed by atoms with E-state index in [1.54, 1.807) is 13.8 Å². The van der Waals surface area contributed by atoms with Gasteiger partial charge in [-0.2, -0.15) is 4.31 Å². The lowest BCUT2D eigenvalue weighted by Crippen LogP contribution is -2.38. The second-order valence-electron chi connectivity index (χ2n) is 4.64. The maximum atomic E-state index is 13.7. The van der Waals surface area contributed by atoms with Gasteiger partial charge in [0.05, 0.1) is 0 Å². The fourth-order valence-corrected chi connectivity index (χ4v) is 3.56. The van der Waals surface area contributed by atoms with E-state index in [9.17, 15) is 17.6 Å². The van der Waals surface area contributed by atoms with Gasteiger partial charge in [0.15, 0.2) is 0 Å². The zero-order valence-electron chi connectivity index (χ0n) is 11.4. The number of rotatable bonds is 7. The highest BCUT2D eigenvalue weighted by Crippen LogP contribution is 2.21. The Balaban J connectivity index is 3.01. The first-order valence-corrected chi connectivity index (χ1v) is 7.69. The molecule has 0 unspecified atom stereocenters. The predicted octanol–water partition coefficient (Wildman–Crippen LogP) is 2.09. The van der Waals surface area contributed by atoms with Gasteiger partial charge in [-0.25, -0.2) is 12.8 Å². The maximum absolute atomic E-state index is 13.7. The molecule has 5 nitrogen and oxygen atoms in total. The van der Waals surface area contributed by atoms with E-state index in [0.717, 1.165) is 10.4 Å². The van der Waals surface area contributed by atoms with Crippen molar-refractivity contribution in [2.45, 2.75) is 37.6 Å². The molecular weight excluding hydrogens is 285 g/mol. The molecule has 1 aromatic carbocycles. The summed E-state index contributed by atoms with van der Waals surface area (Å²) in [4.78, 5) is 10.1. The number of aliphatic carboxylic acids is 1. The van der Waals surface area contributed by atoms with E-state index in [0.29, 0.717) is 0 Å². The summed E-state index contributed by atoms with van der Waals surface area (Å²) in [6, 6.07) is 4.78. The molecule has 20 heavy (non-hydrogen) atoms. The van der Waals surface area contributed by atoms with Crippen molar-refractivity contribution in [3.8, 4) is 0 Å². The number of hydrogen-bond donors (Lipinski definition) is 1. The van der Waals surface area contributed by atoms with Crippen LogP contribution in [-0.2, 0) is 14.8 Å². The van der Waals surface area contributed by atoms with E-state index in [4.69, 9.17) is 5.11 Å². The van der Waals surface area contributed by atoms with Gasteiger partial charge in [-0.3, -0.25) is 4.79 Å². The average Bonchev–Trinajstić information content (AvgIpc) is 2.33. The van der Waals surface area contributed by atoms with Crippen LogP contribution in [0.25, 0.3) is 0 Å². The third kappa shape index (κ3) is 4.01. The van der Waals surface area contributed by atoms with Gasteiger partial charge in [0.25, 0.3) is 0 Å². The molecule has 0 fully saturated rings. The van der Waals surface area contributed by atoms with E-state index in [1.165, 1.54) is 18.2 Å². The Morgan fingerprint density at radius 2 is 1.95 bits per heavy atom. The normalized spacial score (nSPS) is 12.1. The van der Waals surface area contributed by atoms with Gasteiger partial charge in [0.1, 0.15) is 10.7 Å². The third-order valence-electron chi connectivity index (χ3n) is 2.77. The molecule has 0 saturated heterocycles. The monoisotopic (exact) mass is 303 g/mol. The number of hydrogen-bond acceptors (Lipinski definition) is 3. The number of nitrogens with zero attached hydrogens (tertiary/aromatic N) is 1. The maximum Gasteiger partial charge on any atom is 0.303 e. The highest BCUT2D eigenvalue weighted by molar-refractivity contribution is 7.89. The standard InChI is InChI=1S/C13H18FNO4S/c1-10(2)15(9-5-8-13(16)17)20(18,19)12-7-4-3-6-11(12)14/h3-4,6-7,10H,5,8-9H2,1-2H3,(H,16,17). The van der Waals surface area contributed by atoms with Gasteiger partial charge in [0.2, 0.25) is 10.0 Å². The summed E-state index contributed by atoms with van der Waals surface area (Å²) in [5.41, 5.74) is 0. The Morgan fingerprint density at radius 1 is 1.35 bits per heavy atom. The molecule has 0 atom stereocenters. The Kier molecular flexibility index (Phi) is 5.64. The largest absolute Gasteiger partial charge is 0.481 e. The molecule has 0 aromatic heterocycles. The molecule has 7 heteroatoms. The van der Waals surface area contributed by atoms with Crippen molar-refractivity contribution in [2.75, 3.05) is 6.54 Å². The van der Waals surface area contributed by atoms with Crippen LogP contribution >= 0.6 is 0 Å². The predicted molar refractivity (Wildman–Crippen MR) is 72.3 cm³/mol. The summed E-state index contributed by atoms with van der Waals surface area (Å²) in [6.07, 6.45) is 0.0528. The van der Waals surface area contributed by atoms with Crippen molar-refractivity contribution in [3.05, 3.63) is 30.1 Å². The molecule has 0 saturated carbocycles. The highest BCUT2D eigenvalue weighted by atomic mass is 32.2. The minimum Gasteiger partial charge on any atom is -0.481 e. The molecule has 1 N–H and O–H groups in total. The van der Waals surface area contributed by atoms with Crippen LogP contribution in [0.1, 0.15) is 26.7 Å². The zero-order valence-corrected chi connectivity index (χ0v) is 12.2. The van der Waals surface area contributed by atoms with Crippen LogP contribution in [0.3, 0.4) is 0 Å². The zero-order chi connectivity index (χ0) is 15.3. The van der Waals surface area contributed by atoms with Gasteiger partial charge >= 0.3 is 5.97 Å². The summed E-state index contributed by atoms with van der Waals surface area (Å²) in [5, 5.41) is 8.60. The second-order valence-corrected chi connectivity index (χ2v) is 6.50. The summed E-state index contributed by atoms with van der Waals surface area (Å²) >= 11 is 0. The first-order valence-electron chi connectivity index (χ1n) is 6.25. The Morgan fingerprint density at radius 3 is 2.45 bits per heavy atom. The van der Waals surface area contributed by atoms with Gasteiger partial charge in [-0.05, 0) is 32.4 Å². The summed E-state index contributed by atoms with van der Waals surface area (Å²) in [6.45, 7) is 3.37. The molecule has 112 valence electrons. The minimum absolute atomic E-state index is 0.0423. The van der Waals surface area contributed by atoms with Gasteiger partial charge < -0.3 is 5.11 Å². The van der Waals surface area contributed by atoms with Gasteiger partial charge in [0, 0.05) is 19.0 Å². The van der Waals surface area contributed by atoms with Crippen LogP contribution in [-0.4, -0.2) is 36.4 Å². The lowest BCUT2D eigenvalue weighted by Gasteiger charge is -2.25. The van der Waals surface area contributed by atoms with Crippen LogP contribution < -0.4 is 0 Å². The van der Waals surface area contributed by atoms with E-state index < -0.39 is 21.8 Å². The minimum atomic E-state index is -3.96. The average molecular weight is 303 g/mol. The molecule has 0 aliphatic heterocycles. The lowest BCUT2D eigenvalue weighted by molar-refractivity contribution is -0.137. The van der Waals surface area contributed by atoms with Crippen molar-refractivity contribution < 1.29 is 22.7 Å². The van der Waals surface area contributed by atoms with Crippen LogP contribution in [0.5, 0.6) is 0 Å². The van der Waals surface area contributed by atoms with Crippen LogP contribution in [0, 0.1) is 5.82 Å². The van der Waals surface area contributed by atoms with Crippen molar-refractivity contribution in [1.29, 1.82) is 0 Å². The molecule has 0 spiro atoms. The smallest absolute Gasteiger partial charge is 0.303 e. The molecule has 0 bridgehead atoms. The lowest BCUT2D eigenvalue weighted by atomic mass is 10.3. The van der Waals surface area contributed by atoms with Crippen LogP contribution in [0.15, 0.2) is 29.2 Å². The van der Waals surface area contributed by atoms with Crippen molar-refractivity contribution in [2.24, 2.45) is 0 Å². The summed E-state index contributed by atoms with van der Waals surface area (Å²) in [7, 11) is -3.96. The molecule has 0 aliphatic rings. The van der Waals surface area contributed by atoms with E-state index in [-0.39, 0.29) is 30.3 Å². The second kappa shape index (κ2) is 6.81. The number of benzene rings is 1. The highest BCUT2D eigenvalue weighted by Gasteiger charge is 2.29. The third-order valence-corrected chi connectivity index (χ3v) is 4.88. The molecule has 0 heterocycles. The SMILES string of the molecule is CC(C)N(CCCC(=O)O)S(=O)(=O)c1ccccc1F. The topological polar surface area (TPSA) is 74.7 Å². The summed E-state index contributed by atoms with van der Waals surface area (Å²) < 4.78 is 39.6.